The molecule has 0 bridgehead atoms. The summed E-state index contributed by atoms with van der Waals surface area (Å²) >= 11 is 14.9. The maximum Gasteiger partial charge on any atom is 0.341 e. The van der Waals surface area contributed by atoms with E-state index in [1.54, 1.807) is 29.6 Å². The van der Waals surface area contributed by atoms with Crippen LogP contribution in [0.1, 0.15) is 20.0 Å². The Morgan fingerprint density at radius 2 is 1.87 bits per heavy atom. The number of halogens is 3. The van der Waals surface area contributed by atoms with Gasteiger partial charge < -0.3 is 10.1 Å². The van der Waals surface area contributed by atoms with Crippen molar-refractivity contribution in [2.45, 2.75) is 0 Å². The number of methoxy groups -OCH3 is 1. The summed E-state index contributed by atoms with van der Waals surface area (Å²) in [4.78, 5) is 25.6. The molecule has 9 heteroatoms. The number of rotatable bonds is 4. The molecule has 30 heavy (non-hydrogen) atoms. The third-order valence-electron chi connectivity index (χ3n) is 4.37. The third kappa shape index (κ3) is 3.70. The first-order chi connectivity index (χ1) is 14.4. The Balaban J connectivity index is 1.75. The van der Waals surface area contributed by atoms with E-state index in [0.29, 0.717) is 31.2 Å². The Hall–Kier alpha value is -2.45. The second-order valence-electron chi connectivity index (χ2n) is 6.16. The number of carbonyl (C=O) groups excluding carboxylic acids is 2. The number of ether oxygens (including phenoxy) is 1. The van der Waals surface area contributed by atoms with Crippen molar-refractivity contribution in [2.75, 3.05) is 12.4 Å². The zero-order chi connectivity index (χ0) is 21.4. The summed E-state index contributed by atoms with van der Waals surface area (Å²) in [7, 11) is 1.26. The number of fused-ring (bicyclic) bond motifs is 1. The maximum atomic E-state index is 13.5. The van der Waals surface area contributed by atoms with Crippen LogP contribution in [-0.2, 0) is 4.74 Å². The lowest BCUT2D eigenvalue weighted by Gasteiger charge is -2.08. The number of thiophene rings is 2. The summed E-state index contributed by atoms with van der Waals surface area (Å²) in [5.41, 5.74) is 1.40. The number of amides is 1. The van der Waals surface area contributed by atoms with E-state index in [2.05, 4.69) is 5.32 Å². The molecule has 0 aliphatic rings. The molecule has 4 nitrogen and oxygen atoms in total. The average Bonchev–Trinajstić information content (AvgIpc) is 3.28. The van der Waals surface area contributed by atoms with Crippen molar-refractivity contribution in [2.24, 2.45) is 0 Å². The molecule has 0 saturated carbocycles. The van der Waals surface area contributed by atoms with E-state index in [1.165, 1.54) is 36.6 Å². The summed E-state index contributed by atoms with van der Waals surface area (Å²) in [6.45, 7) is 0. The van der Waals surface area contributed by atoms with E-state index in [-0.39, 0.29) is 15.5 Å². The summed E-state index contributed by atoms with van der Waals surface area (Å²) in [6.07, 6.45) is 0. The monoisotopic (exact) mass is 479 g/mol. The van der Waals surface area contributed by atoms with Crippen molar-refractivity contribution < 1.29 is 18.7 Å². The van der Waals surface area contributed by atoms with Gasteiger partial charge in [-0.25, -0.2) is 9.18 Å². The highest BCUT2D eigenvalue weighted by Gasteiger charge is 2.25. The van der Waals surface area contributed by atoms with Crippen LogP contribution in [0.25, 0.3) is 21.2 Å². The highest BCUT2D eigenvalue weighted by Crippen LogP contribution is 2.40. The fourth-order valence-corrected chi connectivity index (χ4v) is 5.60. The first-order valence-corrected chi connectivity index (χ1v) is 11.0. The molecule has 0 atom stereocenters. The number of nitrogens with one attached hydrogen (secondary N) is 1. The number of carbonyl (C=O) groups is 2. The first kappa shape index (κ1) is 20.8. The standard InChI is InChI=1S/C21H12Cl2FNO3S2/c1-28-21(27)16-13(11-4-2-3-5-14(11)22)9-29-20(16)25-19(26)18-17(23)12-7-6-10(24)8-15(12)30-18/h2-9H,1H3,(H,25,26). The molecule has 2 aromatic carbocycles. The molecule has 152 valence electrons. The predicted molar refractivity (Wildman–Crippen MR) is 121 cm³/mol. The Labute approximate surface area is 188 Å². The minimum absolute atomic E-state index is 0.201. The first-order valence-electron chi connectivity index (χ1n) is 8.54. The van der Waals surface area contributed by atoms with Gasteiger partial charge in [-0.3, -0.25) is 4.79 Å². The van der Waals surface area contributed by atoms with Crippen LogP contribution in [0.4, 0.5) is 9.39 Å². The quantitative estimate of drug-likeness (QED) is 0.317. The van der Waals surface area contributed by atoms with Crippen molar-refractivity contribution in [3.05, 3.63) is 74.1 Å². The van der Waals surface area contributed by atoms with E-state index in [1.807, 2.05) is 0 Å². The predicted octanol–water partition coefficient (Wildman–Crippen LogP) is 7.11. The molecule has 0 saturated heterocycles. The Morgan fingerprint density at radius 3 is 2.60 bits per heavy atom. The number of benzene rings is 2. The number of esters is 1. The van der Waals surface area contributed by atoms with Crippen molar-refractivity contribution in [3.8, 4) is 11.1 Å². The number of hydrogen-bond acceptors (Lipinski definition) is 5. The van der Waals surface area contributed by atoms with Gasteiger partial charge >= 0.3 is 5.97 Å². The molecular weight excluding hydrogens is 468 g/mol. The summed E-state index contributed by atoms with van der Waals surface area (Å²) in [5.74, 6) is -1.52. The lowest BCUT2D eigenvalue weighted by Crippen LogP contribution is -2.13. The van der Waals surface area contributed by atoms with Gasteiger partial charge in [0.1, 0.15) is 21.3 Å². The van der Waals surface area contributed by atoms with Crippen LogP contribution in [0.3, 0.4) is 0 Å². The largest absolute Gasteiger partial charge is 0.465 e. The molecule has 1 amide bonds. The van der Waals surface area contributed by atoms with Crippen LogP contribution in [0.15, 0.2) is 47.8 Å². The van der Waals surface area contributed by atoms with Gasteiger partial charge in [-0.15, -0.1) is 22.7 Å². The second kappa shape index (κ2) is 8.35. The lowest BCUT2D eigenvalue weighted by atomic mass is 10.0. The SMILES string of the molecule is COC(=O)c1c(-c2ccccc2Cl)csc1NC(=O)c1sc2cc(F)ccc2c1Cl. The van der Waals surface area contributed by atoms with Gasteiger partial charge in [0.15, 0.2) is 0 Å². The van der Waals surface area contributed by atoms with Crippen LogP contribution in [0.2, 0.25) is 10.0 Å². The molecule has 4 rings (SSSR count). The molecule has 2 heterocycles. The van der Waals surface area contributed by atoms with Gasteiger partial charge in [0.25, 0.3) is 5.91 Å². The molecular formula is C21H12Cl2FNO3S2. The van der Waals surface area contributed by atoms with Crippen LogP contribution >= 0.6 is 45.9 Å². The molecule has 0 radical (unpaired) electrons. The fraction of sp³-hybridized carbons (Fsp3) is 0.0476. The van der Waals surface area contributed by atoms with Crippen LogP contribution in [0.5, 0.6) is 0 Å². The zero-order valence-electron chi connectivity index (χ0n) is 15.3. The Morgan fingerprint density at radius 1 is 1.10 bits per heavy atom. The van der Waals surface area contributed by atoms with Gasteiger partial charge in [0.05, 0.1) is 12.1 Å². The van der Waals surface area contributed by atoms with Crippen molar-refractivity contribution >= 4 is 72.8 Å². The second-order valence-corrected chi connectivity index (χ2v) is 8.88. The van der Waals surface area contributed by atoms with Crippen LogP contribution in [-0.4, -0.2) is 19.0 Å². The highest BCUT2D eigenvalue weighted by atomic mass is 35.5. The summed E-state index contributed by atoms with van der Waals surface area (Å²) in [6, 6.07) is 11.2. The van der Waals surface area contributed by atoms with Gasteiger partial charge in [0, 0.05) is 31.6 Å². The van der Waals surface area contributed by atoms with Crippen molar-refractivity contribution in [1.82, 2.24) is 0 Å². The highest BCUT2D eigenvalue weighted by molar-refractivity contribution is 7.22. The molecule has 4 aromatic rings. The van der Waals surface area contributed by atoms with E-state index in [4.69, 9.17) is 27.9 Å². The van der Waals surface area contributed by atoms with Crippen LogP contribution < -0.4 is 5.32 Å². The molecule has 0 spiro atoms. The molecule has 0 aliphatic carbocycles. The fourth-order valence-electron chi connectivity index (χ4n) is 2.98. The smallest absolute Gasteiger partial charge is 0.341 e. The topological polar surface area (TPSA) is 55.4 Å². The molecule has 0 unspecified atom stereocenters. The number of anilines is 1. The minimum atomic E-state index is -0.606. The zero-order valence-corrected chi connectivity index (χ0v) is 18.4. The lowest BCUT2D eigenvalue weighted by molar-refractivity contribution is 0.0603. The van der Waals surface area contributed by atoms with Gasteiger partial charge in [0.2, 0.25) is 0 Å². The Kier molecular flexibility index (Phi) is 5.79. The normalized spacial score (nSPS) is 10.9. The molecule has 2 aromatic heterocycles. The third-order valence-corrected chi connectivity index (χ3v) is 7.25. The average molecular weight is 480 g/mol. The van der Waals surface area contributed by atoms with Crippen molar-refractivity contribution in [3.63, 3.8) is 0 Å². The van der Waals surface area contributed by atoms with Crippen LogP contribution in [0, 0.1) is 5.82 Å². The summed E-state index contributed by atoms with van der Waals surface area (Å²) < 4.78 is 19.0. The number of hydrogen-bond donors (Lipinski definition) is 1. The minimum Gasteiger partial charge on any atom is -0.465 e. The van der Waals surface area contributed by atoms with E-state index in [9.17, 15) is 14.0 Å². The van der Waals surface area contributed by atoms with E-state index >= 15 is 0 Å². The van der Waals surface area contributed by atoms with E-state index < -0.39 is 17.7 Å². The van der Waals surface area contributed by atoms with Gasteiger partial charge in [-0.05, 0) is 24.3 Å². The Bertz CT molecular complexity index is 1300. The molecule has 0 fully saturated rings. The summed E-state index contributed by atoms with van der Waals surface area (Å²) in [5, 5.41) is 6.05. The molecule has 1 N–H and O–H groups in total. The molecule has 0 aliphatic heterocycles. The van der Waals surface area contributed by atoms with Gasteiger partial charge in [-0.1, -0.05) is 41.4 Å². The van der Waals surface area contributed by atoms with E-state index in [0.717, 1.165) is 11.3 Å². The van der Waals surface area contributed by atoms with Gasteiger partial charge in [-0.2, -0.15) is 0 Å². The van der Waals surface area contributed by atoms with Crippen molar-refractivity contribution in [1.29, 1.82) is 0 Å². The maximum absolute atomic E-state index is 13.5.